The number of aromatic nitrogens is 1. The van der Waals surface area contributed by atoms with Gasteiger partial charge < -0.3 is 15.6 Å². The van der Waals surface area contributed by atoms with Crippen LogP contribution in [0.15, 0.2) is 34.9 Å². The molecule has 1 aromatic heterocycles. The van der Waals surface area contributed by atoms with Gasteiger partial charge in [-0.05, 0) is 49.6 Å². The van der Waals surface area contributed by atoms with Crippen molar-refractivity contribution in [3.63, 3.8) is 0 Å². The molecular weight excluding hydrogens is 318 g/mol. The largest absolute Gasteiger partial charge is 0.397 e. The third kappa shape index (κ3) is 2.58. The zero-order chi connectivity index (χ0) is 14.3. The highest BCUT2D eigenvalue weighted by molar-refractivity contribution is 9.10. The molecule has 3 N–H and O–H groups in total. The van der Waals surface area contributed by atoms with Gasteiger partial charge in [0.15, 0.2) is 0 Å². The fraction of sp³-hybridized carbons (Fsp3) is 0.267. The van der Waals surface area contributed by atoms with Crippen molar-refractivity contribution in [3.8, 4) is 0 Å². The van der Waals surface area contributed by atoms with Gasteiger partial charge in [0.25, 0.3) is 5.91 Å². The first-order valence-electron chi connectivity index (χ1n) is 6.59. The van der Waals surface area contributed by atoms with Crippen LogP contribution in [0.5, 0.6) is 0 Å². The smallest absolute Gasteiger partial charge is 0.272 e. The molecule has 1 heterocycles. The Morgan fingerprint density at radius 1 is 1.40 bits per heavy atom. The van der Waals surface area contributed by atoms with Crippen molar-refractivity contribution in [3.05, 3.63) is 46.2 Å². The number of rotatable bonds is 3. The Bertz CT molecular complexity index is 674. The molecule has 1 amide bonds. The van der Waals surface area contributed by atoms with Crippen molar-refractivity contribution in [1.29, 1.82) is 0 Å². The molecule has 0 spiro atoms. The summed E-state index contributed by atoms with van der Waals surface area (Å²) in [5.74, 6) is -0.115. The minimum Gasteiger partial charge on any atom is -0.397 e. The number of nitrogen functional groups attached to an aromatic ring is 1. The van der Waals surface area contributed by atoms with Crippen molar-refractivity contribution in [1.82, 2.24) is 4.57 Å². The lowest BCUT2D eigenvalue weighted by molar-refractivity contribution is 0.101. The van der Waals surface area contributed by atoms with Crippen LogP contribution in [0.4, 0.5) is 11.4 Å². The van der Waals surface area contributed by atoms with E-state index in [2.05, 4.69) is 21.2 Å². The van der Waals surface area contributed by atoms with Crippen molar-refractivity contribution < 1.29 is 4.79 Å². The summed E-state index contributed by atoms with van der Waals surface area (Å²) >= 11 is 3.45. The summed E-state index contributed by atoms with van der Waals surface area (Å²) < 4.78 is 3.01. The zero-order valence-corrected chi connectivity index (χ0v) is 12.8. The van der Waals surface area contributed by atoms with E-state index in [0.717, 1.165) is 28.6 Å². The molecule has 2 aromatic rings. The number of anilines is 2. The average molecular weight is 334 g/mol. The van der Waals surface area contributed by atoms with E-state index in [4.69, 9.17) is 5.73 Å². The lowest BCUT2D eigenvalue weighted by Crippen LogP contribution is -2.16. The van der Waals surface area contributed by atoms with Crippen LogP contribution < -0.4 is 11.1 Å². The molecule has 0 radical (unpaired) electrons. The van der Waals surface area contributed by atoms with E-state index >= 15 is 0 Å². The van der Waals surface area contributed by atoms with E-state index in [9.17, 15) is 4.79 Å². The summed E-state index contributed by atoms with van der Waals surface area (Å²) in [4.78, 5) is 12.4. The third-order valence-corrected chi connectivity index (χ3v) is 4.35. The fourth-order valence-electron chi connectivity index (χ4n) is 2.26. The molecule has 1 aliphatic rings. The molecule has 0 saturated heterocycles. The number of halogens is 1. The number of amides is 1. The monoisotopic (exact) mass is 333 g/mol. The molecule has 3 rings (SSSR count). The van der Waals surface area contributed by atoms with E-state index in [0.29, 0.717) is 17.4 Å². The highest BCUT2D eigenvalue weighted by Crippen LogP contribution is 2.37. The molecular formula is C15H16BrN3O. The van der Waals surface area contributed by atoms with E-state index < -0.39 is 0 Å². The standard InChI is InChI=1S/C15H16BrN3O/c1-9-6-11(2-5-13(9)16)18-15(20)14-7-10(17)8-19(14)12-3-4-12/h2,5-8,12H,3-4,17H2,1H3,(H,18,20). The second kappa shape index (κ2) is 4.98. The number of nitrogens with one attached hydrogen (secondary N) is 1. The van der Waals surface area contributed by atoms with Gasteiger partial charge in [0.05, 0.1) is 5.69 Å². The van der Waals surface area contributed by atoms with Crippen LogP contribution >= 0.6 is 15.9 Å². The summed E-state index contributed by atoms with van der Waals surface area (Å²) in [6.07, 6.45) is 4.08. The van der Waals surface area contributed by atoms with Gasteiger partial charge in [-0.2, -0.15) is 0 Å². The van der Waals surface area contributed by atoms with Crippen molar-refractivity contribution in [2.45, 2.75) is 25.8 Å². The number of carbonyl (C=O) groups is 1. The second-order valence-corrected chi connectivity index (χ2v) is 6.07. The average Bonchev–Trinajstić information content (AvgIpc) is 3.17. The van der Waals surface area contributed by atoms with E-state index in [1.165, 1.54) is 0 Å². The van der Waals surface area contributed by atoms with Crippen molar-refractivity contribution >= 4 is 33.2 Å². The first-order chi connectivity index (χ1) is 9.54. The topological polar surface area (TPSA) is 60.1 Å². The summed E-state index contributed by atoms with van der Waals surface area (Å²) in [5, 5.41) is 2.93. The molecule has 4 nitrogen and oxygen atoms in total. The molecule has 0 aliphatic heterocycles. The minimum atomic E-state index is -0.115. The fourth-order valence-corrected chi connectivity index (χ4v) is 2.50. The Morgan fingerprint density at radius 2 is 2.15 bits per heavy atom. The van der Waals surface area contributed by atoms with E-state index in [1.54, 1.807) is 6.07 Å². The number of hydrogen-bond donors (Lipinski definition) is 2. The van der Waals surface area contributed by atoms with Crippen LogP contribution in [0.25, 0.3) is 0 Å². The predicted molar refractivity (Wildman–Crippen MR) is 83.9 cm³/mol. The normalized spacial score (nSPS) is 14.3. The Labute approximate surface area is 126 Å². The van der Waals surface area contributed by atoms with Gasteiger partial charge in [-0.3, -0.25) is 4.79 Å². The maximum Gasteiger partial charge on any atom is 0.272 e. The van der Waals surface area contributed by atoms with Crippen LogP contribution in [0.3, 0.4) is 0 Å². The molecule has 1 fully saturated rings. The van der Waals surface area contributed by atoms with Crippen LogP contribution in [0.1, 0.15) is 34.9 Å². The number of hydrogen-bond acceptors (Lipinski definition) is 2. The third-order valence-electron chi connectivity index (χ3n) is 3.46. The summed E-state index contributed by atoms with van der Waals surface area (Å²) in [6, 6.07) is 7.91. The SMILES string of the molecule is Cc1cc(NC(=O)c2cc(N)cn2C2CC2)ccc1Br. The first kappa shape index (κ1) is 13.2. The highest BCUT2D eigenvalue weighted by atomic mass is 79.9. The number of nitrogens with zero attached hydrogens (tertiary/aromatic N) is 1. The van der Waals surface area contributed by atoms with Crippen LogP contribution in [-0.4, -0.2) is 10.5 Å². The number of nitrogens with two attached hydrogens (primary N) is 1. The lowest BCUT2D eigenvalue weighted by Gasteiger charge is -2.09. The summed E-state index contributed by atoms with van der Waals surface area (Å²) in [5.41, 5.74) is 8.95. The van der Waals surface area contributed by atoms with Crippen LogP contribution in [0, 0.1) is 6.92 Å². The molecule has 1 saturated carbocycles. The van der Waals surface area contributed by atoms with Gasteiger partial charge in [0.2, 0.25) is 0 Å². The Hall–Kier alpha value is -1.75. The zero-order valence-electron chi connectivity index (χ0n) is 11.2. The predicted octanol–water partition coefficient (Wildman–Crippen LogP) is 3.73. The molecule has 1 aromatic carbocycles. The molecule has 104 valence electrons. The maximum absolute atomic E-state index is 12.4. The lowest BCUT2D eigenvalue weighted by atomic mass is 10.2. The Morgan fingerprint density at radius 3 is 2.80 bits per heavy atom. The van der Waals surface area contributed by atoms with Gasteiger partial charge in [-0.1, -0.05) is 15.9 Å². The van der Waals surface area contributed by atoms with Gasteiger partial charge in [0.1, 0.15) is 5.69 Å². The summed E-state index contributed by atoms with van der Waals surface area (Å²) in [6.45, 7) is 1.99. The van der Waals surface area contributed by atoms with Gasteiger partial charge >= 0.3 is 0 Å². The first-order valence-corrected chi connectivity index (χ1v) is 7.39. The molecule has 0 atom stereocenters. The molecule has 20 heavy (non-hydrogen) atoms. The van der Waals surface area contributed by atoms with Crippen molar-refractivity contribution in [2.24, 2.45) is 0 Å². The molecule has 5 heteroatoms. The Kier molecular flexibility index (Phi) is 3.30. The van der Waals surface area contributed by atoms with Crippen molar-refractivity contribution in [2.75, 3.05) is 11.1 Å². The van der Waals surface area contributed by atoms with Crippen LogP contribution in [0.2, 0.25) is 0 Å². The van der Waals surface area contributed by atoms with E-state index in [1.807, 2.05) is 35.9 Å². The highest BCUT2D eigenvalue weighted by Gasteiger charge is 2.27. The number of benzene rings is 1. The maximum atomic E-state index is 12.4. The second-order valence-electron chi connectivity index (χ2n) is 5.22. The quantitative estimate of drug-likeness (QED) is 0.898. The number of aryl methyl sites for hydroxylation is 1. The Balaban J connectivity index is 1.84. The molecule has 0 bridgehead atoms. The van der Waals surface area contributed by atoms with E-state index in [-0.39, 0.29) is 5.91 Å². The molecule has 1 aliphatic carbocycles. The number of carbonyl (C=O) groups excluding carboxylic acids is 1. The minimum absolute atomic E-state index is 0.115. The van der Waals surface area contributed by atoms with Crippen LogP contribution in [-0.2, 0) is 0 Å². The molecule has 0 unspecified atom stereocenters. The summed E-state index contributed by atoms with van der Waals surface area (Å²) in [7, 11) is 0. The van der Waals surface area contributed by atoms with Gasteiger partial charge in [-0.25, -0.2) is 0 Å². The van der Waals surface area contributed by atoms with Gasteiger partial charge in [0, 0.05) is 22.4 Å². The van der Waals surface area contributed by atoms with Gasteiger partial charge in [-0.15, -0.1) is 0 Å².